The molecule has 0 aliphatic carbocycles. The standard InChI is InChI=1S/C14H19BrN4/c1-2-19-10-12(9-17-19)8-14(18-16)7-11-3-5-13(15)6-4-11/h3-6,9-10,14,18H,2,7-8,16H2,1H3. The van der Waals surface area contributed by atoms with Crippen molar-refractivity contribution in [2.24, 2.45) is 5.84 Å². The summed E-state index contributed by atoms with van der Waals surface area (Å²) in [6.45, 7) is 2.98. The molecule has 4 nitrogen and oxygen atoms in total. The van der Waals surface area contributed by atoms with Gasteiger partial charge in [-0.1, -0.05) is 28.1 Å². The van der Waals surface area contributed by atoms with E-state index in [0.717, 1.165) is 23.9 Å². The van der Waals surface area contributed by atoms with Crippen molar-refractivity contribution in [3.05, 3.63) is 52.3 Å². The molecule has 0 saturated carbocycles. The first-order valence-corrected chi connectivity index (χ1v) is 7.22. The SMILES string of the molecule is CCn1cc(CC(Cc2ccc(Br)cc2)NN)cn1. The normalized spacial score (nSPS) is 12.6. The predicted octanol–water partition coefficient (Wildman–Crippen LogP) is 2.28. The molecule has 1 aromatic carbocycles. The van der Waals surface area contributed by atoms with Gasteiger partial charge in [0.15, 0.2) is 0 Å². The van der Waals surface area contributed by atoms with E-state index >= 15 is 0 Å². The summed E-state index contributed by atoms with van der Waals surface area (Å²) in [5.74, 6) is 5.65. The lowest BCUT2D eigenvalue weighted by molar-refractivity contribution is 0.522. The Hall–Kier alpha value is -1.17. The molecule has 1 atom stereocenters. The monoisotopic (exact) mass is 322 g/mol. The van der Waals surface area contributed by atoms with Crippen molar-refractivity contribution >= 4 is 15.9 Å². The molecule has 5 heteroatoms. The van der Waals surface area contributed by atoms with E-state index in [0.29, 0.717) is 0 Å². The van der Waals surface area contributed by atoms with Crippen LogP contribution in [0.5, 0.6) is 0 Å². The number of hydrazine groups is 1. The van der Waals surface area contributed by atoms with Crippen LogP contribution in [0.3, 0.4) is 0 Å². The summed E-state index contributed by atoms with van der Waals surface area (Å²) >= 11 is 3.44. The van der Waals surface area contributed by atoms with E-state index in [2.05, 4.69) is 63.8 Å². The van der Waals surface area contributed by atoms with Crippen LogP contribution in [0.15, 0.2) is 41.1 Å². The Morgan fingerprint density at radius 3 is 2.53 bits per heavy atom. The molecule has 0 spiro atoms. The number of hydrogen-bond donors (Lipinski definition) is 2. The van der Waals surface area contributed by atoms with E-state index in [4.69, 9.17) is 5.84 Å². The lowest BCUT2D eigenvalue weighted by Gasteiger charge is -2.15. The van der Waals surface area contributed by atoms with Crippen molar-refractivity contribution in [3.63, 3.8) is 0 Å². The molecular weight excluding hydrogens is 304 g/mol. The van der Waals surface area contributed by atoms with Crippen LogP contribution >= 0.6 is 15.9 Å². The van der Waals surface area contributed by atoms with Gasteiger partial charge in [-0.25, -0.2) is 0 Å². The van der Waals surface area contributed by atoms with Crippen LogP contribution in [0.4, 0.5) is 0 Å². The third-order valence-corrected chi connectivity index (χ3v) is 3.65. The van der Waals surface area contributed by atoms with Crippen molar-refractivity contribution in [1.82, 2.24) is 15.2 Å². The number of halogens is 1. The number of aromatic nitrogens is 2. The van der Waals surface area contributed by atoms with E-state index in [9.17, 15) is 0 Å². The molecule has 19 heavy (non-hydrogen) atoms. The van der Waals surface area contributed by atoms with Crippen molar-refractivity contribution in [2.45, 2.75) is 32.4 Å². The van der Waals surface area contributed by atoms with E-state index in [1.54, 1.807) is 0 Å². The molecule has 0 saturated heterocycles. The Morgan fingerprint density at radius 1 is 1.26 bits per heavy atom. The molecule has 1 unspecified atom stereocenters. The highest BCUT2D eigenvalue weighted by molar-refractivity contribution is 9.10. The molecule has 0 bridgehead atoms. The van der Waals surface area contributed by atoms with Crippen LogP contribution in [0, 0.1) is 0 Å². The fraction of sp³-hybridized carbons (Fsp3) is 0.357. The zero-order chi connectivity index (χ0) is 13.7. The molecule has 2 aromatic rings. The molecule has 0 amide bonds. The molecule has 0 fully saturated rings. The van der Waals surface area contributed by atoms with E-state index in [1.807, 2.05) is 10.9 Å². The Bertz CT molecular complexity index is 506. The number of benzene rings is 1. The highest BCUT2D eigenvalue weighted by Gasteiger charge is 2.10. The molecule has 102 valence electrons. The smallest absolute Gasteiger partial charge is 0.0522 e. The van der Waals surface area contributed by atoms with Gasteiger partial charge in [0, 0.05) is 23.3 Å². The maximum absolute atomic E-state index is 5.65. The maximum Gasteiger partial charge on any atom is 0.0522 e. The Balaban J connectivity index is 1.98. The average molecular weight is 323 g/mol. The quantitative estimate of drug-likeness (QED) is 0.633. The summed E-state index contributed by atoms with van der Waals surface area (Å²) in [7, 11) is 0. The van der Waals surface area contributed by atoms with Gasteiger partial charge in [0.25, 0.3) is 0 Å². The third kappa shape index (κ3) is 4.16. The zero-order valence-electron chi connectivity index (χ0n) is 11.0. The van der Waals surface area contributed by atoms with Gasteiger partial charge in [0.05, 0.1) is 6.20 Å². The maximum atomic E-state index is 5.65. The van der Waals surface area contributed by atoms with E-state index in [-0.39, 0.29) is 6.04 Å². The van der Waals surface area contributed by atoms with E-state index in [1.165, 1.54) is 11.1 Å². The molecule has 2 rings (SSSR count). The molecule has 3 N–H and O–H groups in total. The van der Waals surface area contributed by atoms with Crippen LogP contribution in [0.2, 0.25) is 0 Å². The zero-order valence-corrected chi connectivity index (χ0v) is 12.6. The van der Waals surface area contributed by atoms with E-state index < -0.39 is 0 Å². The van der Waals surface area contributed by atoms with Gasteiger partial charge in [-0.15, -0.1) is 0 Å². The third-order valence-electron chi connectivity index (χ3n) is 3.12. The minimum absolute atomic E-state index is 0.218. The first kappa shape index (κ1) is 14.2. The molecule has 0 radical (unpaired) electrons. The van der Waals surface area contributed by atoms with Crippen molar-refractivity contribution in [3.8, 4) is 0 Å². The van der Waals surface area contributed by atoms with Crippen LogP contribution < -0.4 is 11.3 Å². The van der Waals surface area contributed by atoms with Gasteiger partial charge in [-0.05, 0) is 43.0 Å². The summed E-state index contributed by atoms with van der Waals surface area (Å²) in [5.41, 5.74) is 5.37. The Labute approximate surface area is 122 Å². The first-order chi connectivity index (χ1) is 9.21. The number of nitrogens with two attached hydrogens (primary N) is 1. The number of rotatable bonds is 6. The minimum Gasteiger partial charge on any atom is -0.273 e. The molecule has 1 heterocycles. The lowest BCUT2D eigenvalue weighted by Crippen LogP contribution is -2.38. The molecule has 0 aliphatic rings. The van der Waals surface area contributed by atoms with Crippen LogP contribution in [0.1, 0.15) is 18.1 Å². The van der Waals surface area contributed by atoms with Crippen molar-refractivity contribution < 1.29 is 0 Å². The second-order valence-corrected chi connectivity index (χ2v) is 5.52. The molecule has 1 aromatic heterocycles. The van der Waals surface area contributed by atoms with Crippen molar-refractivity contribution in [2.75, 3.05) is 0 Å². The fourth-order valence-corrected chi connectivity index (χ4v) is 2.33. The predicted molar refractivity (Wildman–Crippen MR) is 80.6 cm³/mol. The molecular formula is C14H19BrN4. The summed E-state index contributed by atoms with van der Waals surface area (Å²) in [6, 6.07) is 8.56. The van der Waals surface area contributed by atoms with Gasteiger partial charge in [0.1, 0.15) is 0 Å². The Morgan fingerprint density at radius 2 is 1.95 bits per heavy atom. The van der Waals surface area contributed by atoms with Gasteiger partial charge >= 0.3 is 0 Å². The number of nitrogens with zero attached hydrogens (tertiary/aromatic N) is 2. The summed E-state index contributed by atoms with van der Waals surface area (Å²) < 4.78 is 3.03. The largest absolute Gasteiger partial charge is 0.273 e. The van der Waals surface area contributed by atoms with Crippen LogP contribution in [-0.4, -0.2) is 15.8 Å². The van der Waals surface area contributed by atoms with Gasteiger partial charge < -0.3 is 0 Å². The van der Waals surface area contributed by atoms with Gasteiger partial charge in [0.2, 0.25) is 0 Å². The van der Waals surface area contributed by atoms with Crippen LogP contribution in [-0.2, 0) is 19.4 Å². The second kappa shape index (κ2) is 6.84. The highest BCUT2D eigenvalue weighted by atomic mass is 79.9. The minimum atomic E-state index is 0.218. The average Bonchev–Trinajstić information content (AvgIpc) is 2.88. The first-order valence-electron chi connectivity index (χ1n) is 6.43. The second-order valence-electron chi connectivity index (χ2n) is 4.60. The molecule has 0 aliphatic heterocycles. The highest BCUT2D eigenvalue weighted by Crippen LogP contribution is 2.13. The van der Waals surface area contributed by atoms with Gasteiger partial charge in [-0.2, -0.15) is 5.10 Å². The van der Waals surface area contributed by atoms with Crippen LogP contribution in [0.25, 0.3) is 0 Å². The summed E-state index contributed by atoms with van der Waals surface area (Å²) in [4.78, 5) is 0. The summed E-state index contributed by atoms with van der Waals surface area (Å²) in [5, 5.41) is 4.28. The lowest BCUT2D eigenvalue weighted by atomic mass is 10.0. The van der Waals surface area contributed by atoms with Gasteiger partial charge in [-0.3, -0.25) is 16.0 Å². The number of aryl methyl sites for hydroxylation is 1. The fourth-order valence-electron chi connectivity index (χ4n) is 2.06. The number of hydrogen-bond acceptors (Lipinski definition) is 3. The van der Waals surface area contributed by atoms with Crippen molar-refractivity contribution in [1.29, 1.82) is 0 Å². The summed E-state index contributed by atoms with van der Waals surface area (Å²) in [6.07, 6.45) is 5.77. The number of nitrogens with one attached hydrogen (secondary N) is 1. The Kier molecular flexibility index (Phi) is 5.13. The topological polar surface area (TPSA) is 55.9 Å².